The second-order valence-corrected chi connectivity index (χ2v) is 5.79. The van der Waals surface area contributed by atoms with Gasteiger partial charge in [0.25, 0.3) is 0 Å². The topological polar surface area (TPSA) is 49.8 Å². The average molecular weight is 320 g/mol. The molecular weight excluding hydrogens is 301 g/mol. The van der Waals surface area contributed by atoms with Crippen LogP contribution < -0.4 is 4.74 Å². The molecule has 0 aliphatic carbocycles. The minimum Gasteiger partial charge on any atom is -0.491 e. The van der Waals surface area contributed by atoms with Crippen molar-refractivity contribution in [2.45, 2.75) is 13.8 Å². The molecule has 20 heavy (non-hydrogen) atoms. The fraction of sp³-hybridized carbons (Fsp3) is 0.500. The summed E-state index contributed by atoms with van der Waals surface area (Å²) in [7, 11) is 0. The van der Waals surface area contributed by atoms with E-state index in [1.807, 2.05) is 18.7 Å². The van der Waals surface area contributed by atoms with Gasteiger partial charge in [-0.05, 0) is 24.1 Å². The first kappa shape index (κ1) is 17.1. The Kier molecular flexibility index (Phi) is 7.13. The quantitative estimate of drug-likeness (QED) is 0.797. The van der Waals surface area contributed by atoms with Gasteiger partial charge >= 0.3 is 5.97 Å². The SMILES string of the molecule is CC(C)CN(CCOc1ccc(Cl)cc1Cl)CC(=O)O. The highest BCUT2D eigenvalue weighted by atomic mass is 35.5. The first-order valence-corrected chi connectivity index (χ1v) is 7.16. The van der Waals surface area contributed by atoms with Gasteiger partial charge in [-0.1, -0.05) is 37.0 Å². The van der Waals surface area contributed by atoms with Crippen molar-refractivity contribution < 1.29 is 14.6 Å². The lowest BCUT2D eigenvalue weighted by atomic mass is 10.2. The van der Waals surface area contributed by atoms with Crippen molar-refractivity contribution in [2.24, 2.45) is 5.92 Å². The van der Waals surface area contributed by atoms with E-state index >= 15 is 0 Å². The van der Waals surface area contributed by atoms with Crippen LogP contribution in [0.5, 0.6) is 5.75 Å². The lowest BCUT2D eigenvalue weighted by Crippen LogP contribution is -2.36. The maximum Gasteiger partial charge on any atom is 0.317 e. The summed E-state index contributed by atoms with van der Waals surface area (Å²) in [5.41, 5.74) is 0. The van der Waals surface area contributed by atoms with E-state index in [9.17, 15) is 4.79 Å². The Labute approximate surface area is 129 Å². The molecule has 1 rings (SSSR count). The number of nitrogens with zero attached hydrogens (tertiary/aromatic N) is 1. The molecule has 0 radical (unpaired) electrons. The monoisotopic (exact) mass is 319 g/mol. The number of hydrogen-bond donors (Lipinski definition) is 1. The standard InChI is InChI=1S/C14H19Cl2NO3/c1-10(2)8-17(9-14(18)19)5-6-20-13-4-3-11(15)7-12(13)16/h3-4,7,10H,5-6,8-9H2,1-2H3,(H,18,19). The molecule has 0 aliphatic heterocycles. The third-order valence-electron chi connectivity index (χ3n) is 2.54. The van der Waals surface area contributed by atoms with Gasteiger partial charge in [-0.25, -0.2) is 0 Å². The molecule has 0 aromatic heterocycles. The zero-order valence-corrected chi connectivity index (χ0v) is 13.1. The Morgan fingerprint density at radius 3 is 2.65 bits per heavy atom. The van der Waals surface area contributed by atoms with Crippen LogP contribution in [0.2, 0.25) is 10.0 Å². The molecule has 0 heterocycles. The van der Waals surface area contributed by atoms with Gasteiger partial charge in [0.1, 0.15) is 12.4 Å². The normalized spacial score (nSPS) is 11.1. The molecule has 0 amide bonds. The fourth-order valence-corrected chi connectivity index (χ4v) is 2.28. The largest absolute Gasteiger partial charge is 0.491 e. The van der Waals surface area contributed by atoms with E-state index in [0.29, 0.717) is 41.4 Å². The number of hydrogen-bond acceptors (Lipinski definition) is 3. The zero-order valence-electron chi connectivity index (χ0n) is 11.6. The molecule has 0 spiro atoms. The van der Waals surface area contributed by atoms with Crippen LogP contribution in [0.3, 0.4) is 0 Å². The highest BCUT2D eigenvalue weighted by Gasteiger charge is 2.12. The smallest absolute Gasteiger partial charge is 0.317 e. The first-order chi connectivity index (χ1) is 9.38. The second kappa shape index (κ2) is 8.35. The molecule has 0 fully saturated rings. The minimum absolute atomic E-state index is 0.00981. The van der Waals surface area contributed by atoms with Crippen LogP contribution in [-0.4, -0.2) is 42.2 Å². The molecule has 0 bridgehead atoms. The lowest BCUT2D eigenvalue weighted by Gasteiger charge is -2.22. The van der Waals surface area contributed by atoms with Gasteiger partial charge in [0.15, 0.2) is 0 Å². The van der Waals surface area contributed by atoms with E-state index < -0.39 is 5.97 Å². The third kappa shape index (κ3) is 6.46. The number of ether oxygens (including phenoxy) is 1. The number of carboxylic acids is 1. The zero-order chi connectivity index (χ0) is 15.1. The van der Waals surface area contributed by atoms with Gasteiger partial charge in [0, 0.05) is 18.1 Å². The van der Waals surface area contributed by atoms with Crippen molar-refractivity contribution in [1.82, 2.24) is 4.90 Å². The molecule has 0 unspecified atom stereocenters. The molecular formula is C14H19Cl2NO3. The molecule has 0 atom stereocenters. The van der Waals surface area contributed by atoms with E-state index in [2.05, 4.69) is 0 Å². The Balaban J connectivity index is 2.48. The van der Waals surface area contributed by atoms with Crippen LogP contribution in [0, 0.1) is 5.92 Å². The fourth-order valence-electron chi connectivity index (χ4n) is 1.82. The summed E-state index contributed by atoms with van der Waals surface area (Å²) in [6.07, 6.45) is 0. The average Bonchev–Trinajstić information content (AvgIpc) is 2.30. The molecule has 1 aromatic rings. The molecule has 6 heteroatoms. The van der Waals surface area contributed by atoms with E-state index in [1.54, 1.807) is 18.2 Å². The molecule has 4 nitrogen and oxygen atoms in total. The van der Waals surface area contributed by atoms with Crippen molar-refractivity contribution in [2.75, 3.05) is 26.2 Å². The van der Waals surface area contributed by atoms with E-state index in [-0.39, 0.29) is 6.54 Å². The number of carbonyl (C=O) groups is 1. The van der Waals surface area contributed by atoms with Crippen LogP contribution in [0.25, 0.3) is 0 Å². The molecule has 1 N–H and O–H groups in total. The maximum absolute atomic E-state index is 10.8. The van der Waals surface area contributed by atoms with Crippen LogP contribution >= 0.6 is 23.2 Å². The summed E-state index contributed by atoms with van der Waals surface area (Å²) in [6, 6.07) is 5.02. The van der Waals surface area contributed by atoms with Crippen LogP contribution in [0.15, 0.2) is 18.2 Å². The van der Waals surface area contributed by atoms with Crippen molar-refractivity contribution >= 4 is 29.2 Å². The Hall–Kier alpha value is -0.970. The summed E-state index contributed by atoms with van der Waals surface area (Å²) in [5.74, 6) is 0.111. The molecule has 112 valence electrons. The van der Waals surface area contributed by atoms with Gasteiger partial charge in [-0.2, -0.15) is 0 Å². The maximum atomic E-state index is 10.8. The second-order valence-electron chi connectivity index (χ2n) is 4.95. The molecule has 0 saturated heterocycles. The molecule has 1 aromatic carbocycles. The first-order valence-electron chi connectivity index (χ1n) is 6.40. The number of benzene rings is 1. The van der Waals surface area contributed by atoms with Crippen molar-refractivity contribution in [3.8, 4) is 5.75 Å². The van der Waals surface area contributed by atoms with E-state index in [4.69, 9.17) is 33.0 Å². The Bertz CT molecular complexity index is 452. The lowest BCUT2D eigenvalue weighted by molar-refractivity contribution is -0.138. The van der Waals surface area contributed by atoms with Crippen molar-refractivity contribution in [3.05, 3.63) is 28.2 Å². The van der Waals surface area contributed by atoms with Gasteiger partial charge < -0.3 is 9.84 Å². The highest BCUT2D eigenvalue weighted by Crippen LogP contribution is 2.27. The third-order valence-corrected chi connectivity index (χ3v) is 3.07. The predicted octanol–water partition coefficient (Wildman–Crippen LogP) is 3.41. The van der Waals surface area contributed by atoms with E-state index in [0.717, 1.165) is 0 Å². The Morgan fingerprint density at radius 1 is 1.40 bits per heavy atom. The van der Waals surface area contributed by atoms with Gasteiger partial charge in [0.2, 0.25) is 0 Å². The van der Waals surface area contributed by atoms with Crippen LogP contribution in [0.1, 0.15) is 13.8 Å². The van der Waals surface area contributed by atoms with Crippen LogP contribution in [0.4, 0.5) is 0 Å². The van der Waals surface area contributed by atoms with E-state index in [1.165, 1.54) is 0 Å². The van der Waals surface area contributed by atoms with Gasteiger partial charge in [-0.15, -0.1) is 0 Å². The summed E-state index contributed by atoms with van der Waals surface area (Å²) in [6.45, 7) is 5.72. The number of halogens is 2. The molecule has 0 aliphatic rings. The molecule has 0 saturated carbocycles. The summed E-state index contributed by atoms with van der Waals surface area (Å²) in [4.78, 5) is 12.6. The van der Waals surface area contributed by atoms with Crippen molar-refractivity contribution in [3.63, 3.8) is 0 Å². The minimum atomic E-state index is -0.838. The summed E-state index contributed by atoms with van der Waals surface area (Å²) >= 11 is 11.8. The Morgan fingerprint density at radius 2 is 2.10 bits per heavy atom. The number of carboxylic acid groups (broad SMARTS) is 1. The summed E-state index contributed by atoms with van der Waals surface area (Å²) in [5, 5.41) is 9.87. The number of rotatable bonds is 8. The number of aliphatic carboxylic acids is 1. The highest BCUT2D eigenvalue weighted by molar-refractivity contribution is 6.35. The predicted molar refractivity (Wildman–Crippen MR) is 80.9 cm³/mol. The van der Waals surface area contributed by atoms with Crippen LogP contribution in [-0.2, 0) is 4.79 Å². The van der Waals surface area contributed by atoms with Crippen molar-refractivity contribution in [1.29, 1.82) is 0 Å². The summed E-state index contributed by atoms with van der Waals surface area (Å²) < 4.78 is 5.56. The van der Waals surface area contributed by atoms with Gasteiger partial charge in [-0.3, -0.25) is 9.69 Å². The van der Waals surface area contributed by atoms with Gasteiger partial charge in [0.05, 0.1) is 11.6 Å².